The molecule has 1 aromatic carbocycles. The van der Waals surface area contributed by atoms with E-state index in [9.17, 15) is 23.9 Å². The molecule has 4 rings (SSSR count). The van der Waals surface area contributed by atoms with Crippen molar-refractivity contribution in [3.8, 4) is 0 Å². The van der Waals surface area contributed by atoms with E-state index in [1.807, 2.05) is 46.7 Å². The summed E-state index contributed by atoms with van der Waals surface area (Å²) in [6, 6.07) is 5.10. The Labute approximate surface area is 314 Å². The van der Waals surface area contributed by atoms with Gasteiger partial charge in [-0.05, 0) is 98.1 Å². The molecule has 3 heterocycles. The fourth-order valence-electron chi connectivity index (χ4n) is 8.33. The van der Waals surface area contributed by atoms with Gasteiger partial charge in [0.2, 0.25) is 0 Å². The van der Waals surface area contributed by atoms with Crippen LogP contribution < -0.4 is 16.0 Å². The second-order valence-corrected chi connectivity index (χ2v) is 16.1. The van der Waals surface area contributed by atoms with Crippen molar-refractivity contribution in [2.75, 3.05) is 34.3 Å². The van der Waals surface area contributed by atoms with Gasteiger partial charge >= 0.3 is 12.1 Å². The number of likely N-dealkylation sites (N-methyl/N-ethyl adjacent to an activating group) is 1. The number of alkyl carbamates (subject to hydrolysis) is 1. The topological polar surface area (TPSA) is 157 Å². The number of Topliss-reactive ketones (excluding diaryl/α,β-unsaturated/α-hetero) is 1. The fraction of sp³-hybridized carbons (Fsp3) is 0.769. The van der Waals surface area contributed by atoms with Crippen molar-refractivity contribution in [1.82, 2.24) is 20.9 Å². The number of carbonyl (C=O) groups is 3. The zero-order chi connectivity index (χ0) is 39.4. The zero-order valence-electron chi connectivity index (χ0n) is 33.3. The van der Waals surface area contributed by atoms with Crippen molar-refractivity contribution in [1.29, 1.82) is 0 Å². The van der Waals surface area contributed by atoms with Gasteiger partial charge in [0.1, 0.15) is 23.9 Å². The molecule has 4 N–H and O–H groups in total. The van der Waals surface area contributed by atoms with Crippen LogP contribution >= 0.6 is 0 Å². The Morgan fingerprint density at radius 2 is 1.77 bits per heavy atom. The molecule has 0 spiro atoms. The molecule has 3 aliphatic rings. The number of benzene rings is 1. The van der Waals surface area contributed by atoms with Crippen LogP contribution in [0.4, 0.5) is 9.18 Å². The molecule has 0 aliphatic carbocycles. The van der Waals surface area contributed by atoms with Crippen LogP contribution in [0.25, 0.3) is 0 Å². The number of ketones is 1. The molecule has 53 heavy (non-hydrogen) atoms. The molecule has 3 fully saturated rings. The summed E-state index contributed by atoms with van der Waals surface area (Å²) in [4.78, 5) is 42.5. The number of methoxy groups -OCH3 is 1. The van der Waals surface area contributed by atoms with Crippen LogP contribution in [0.5, 0.6) is 0 Å². The largest absolute Gasteiger partial charge is 0.458 e. The minimum atomic E-state index is -1.19. The Hall–Kier alpha value is -2.72. The van der Waals surface area contributed by atoms with Crippen LogP contribution in [0.15, 0.2) is 24.3 Å². The van der Waals surface area contributed by atoms with Gasteiger partial charge in [0.15, 0.2) is 17.7 Å². The number of hydrogen-bond acceptors (Lipinski definition) is 12. The molecule has 13 nitrogen and oxygen atoms in total. The monoisotopic (exact) mass is 750 g/mol. The molecule has 1 aromatic rings. The zero-order valence-corrected chi connectivity index (χ0v) is 33.3. The Bertz CT molecular complexity index is 1400. The quantitative estimate of drug-likeness (QED) is 0.215. The summed E-state index contributed by atoms with van der Waals surface area (Å²) in [5, 5.41) is 21.6. The van der Waals surface area contributed by atoms with Gasteiger partial charge in [-0.15, -0.1) is 0 Å². The first-order chi connectivity index (χ1) is 24.8. The number of aliphatic hydroxyl groups is 1. The molecule has 0 aromatic heterocycles. The molecule has 0 bridgehead atoms. The van der Waals surface area contributed by atoms with Gasteiger partial charge in [0.05, 0.1) is 23.9 Å². The number of nitrogens with one attached hydrogen (secondary N) is 3. The number of amides is 1. The van der Waals surface area contributed by atoms with Crippen molar-refractivity contribution in [3.05, 3.63) is 35.6 Å². The smallest absolute Gasteiger partial charge is 0.408 e. The minimum absolute atomic E-state index is 0.0147. The highest BCUT2D eigenvalue weighted by atomic mass is 19.1. The molecule has 1 amide bonds. The van der Waals surface area contributed by atoms with Crippen LogP contribution in [0.2, 0.25) is 0 Å². The SMILES string of the molecule is CC[C@@H]1OC(=O)C(C)C(=O)[C@H](C)[C@@H](O[C@@H]2O[C@H](CN[C@@H](C)c3ccc(F)cc3)CC(N(C)C)C2O)[C@](C)(OC)C[C@@H](C)CN[C@H](C)[C@H]2NC(=O)O[C@]12C. The maximum absolute atomic E-state index is 14.3. The highest BCUT2D eigenvalue weighted by molar-refractivity contribution is 6.00. The molecule has 14 atom stereocenters. The summed E-state index contributed by atoms with van der Waals surface area (Å²) in [7, 11) is 5.33. The average Bonchev–Trinajstić information content (AvgIpc) is 3.44. The highest BCUT2D eigenvalue weighted by Crippen LogP contribution is 2.38. The van der Waals surface area contributed by atoms with E-state index in [4.69, 9.17) is 23.7 Å². The van der Waals surface area contributed by atoms with Crippen LogP contribution in [-0.4, -0.2) is 122 Å². The van der Waals surface area contributed by atoms with E-state index in [1.165, 1.54) is 19.1 Å². The molecule has 14 heteroatoms. The Kier molecular flexibility index (Phi) is 14.5. The summed E-state index contributed by atoms with van der Waals surface area (Å²) in [6.45, 7) is 15.6. The fourth-order valence-corrected chi connectivity index (χ4v) is 8.33. The first-order valence-corrected chi connectivity index (χ1v) is 19.0. The third-order valence-corrected chi connectivity index (χ3v) is 11.7. The van der Waals surface area contributed by atoms with Crippen molar-refractivity contribution in [3.63, 3.8) is 0 Å². The van der Waals surface area contributed by atoms with Gasteiger partial charge in [0.25, 0.3) is 0 Å². The number of rotatable bonds is 9. The van der Waals surface area contributed by atoms with Gasteiger partial charge in [-0.3, -0.25) is 9.59 Å². The maximum Gasteiger partial charge on any atom is 0.408 e. The van der Waals surface area contributed by atoms with E-state index in [2.05, 4.69) is 22.9 Å². The number of nitrogens with zero attached hydrogens (tertiary/aromatic N) is 1. The number of halogens is 1. The molecule has 300 valence electrons. The van der Waals surface area contributed by atoms with Crippen LogP contribution in [0.1, 0.15) is 86.3 Å². The van der Waals surface area contributed by atoms with Gasteiger partial charge in [0, 0.05) is 37.7 Å². The number of ether oxygens (including phenoxy) is 5. The molecular formula is C39H63FN4O9. The van der Waals surface area contributed by atoms with Gasteiger partial charge in [-0.2, -0.15) is 0 Å². The number of esters is 1. The van der Waals surface area contributed by atoms with Crippen molar-refractivity contribution < 1.29 is 47.6 Å². The van der Waals surface area contributed by atoms with E-state index >= 15 is 0 Å². The predicted molar refractivity (Wildman–Crippen MR) is 196 cm³/mol. The standard InChI is InChI=1S/C39H63FN4O9/c1-12-30-39(8)33(43-37(48)53-39)25(6)41-19-21(2)18-38(7,49-11)34(22(3)31(45)23(4)35(47)51-30)52-36-32(46)29(44(9)10)17-28(50-36)20-42-24(5)26-13-15-27(40)16-14-26/h13-16,21-25,28-30,32-34,36,41-42,46H,12,17-20H2,1-11H3,(H,43,48)/t21-,22+,23?,24+,25-,28+,29?,30+,32?,33-,34-,36+,38-,39-/m1/s1. The molecule has 3 unspecified atom stereocenters. The lowest BCUT2D eigenvalue weighted by atomic mass is 9.78. The minimum Gasteiger partial charge on any atom is -0.458 e. The molecule has 3 aliphatic heterocycles. The van der Waals surface area contributed by atoms with Crippen molar-refractivity contribution >= 4 is 17.8 Å². The number of hydrogen-bond donors (Lipinski definition) is 4. The Morgan fingerprint density at radius 3 is 2.38 bits per heavy atom. The van der Waals surface area contributed by atoms with E-state index < -0.39 is 71.5 Å². The van der Waals surface area contributed by atoms with Gasteiger partial charge in [-0.25, -0.2) is 9.18 Å². The molecular weight excluding hydrogens is 687 g/mol. The van der Waals surface area contributed by atoms with E-state index in [-0.39, 0.29) is 36.0 Å². The van der Waals surface area contributed by atoms with Crippen LogP contribution in [0, 0.1) is 23.6 Å². The van der Waals surface area contributed by atoms with Crippen LogP contribution in [0.3, 0.4) is 0 Å². The highest BCUT2D eigenvalue weighted by Gasteiger charge is 2.55. The maximum atomic E-state index is 14.3. The van der Waals surface area contributed by atoms with Gasteiger partial charge < -0.3 is 49.6 Å². The summed E-state index contributed by atoms with van der Waals surface area (Å²) in [6.07, 6.45) is -3.66. The Balaban J connectivity index is 1.64. The third kappa shape index (κ3) is 9.75. The van der Waals surface area contributed by atoms with E-state index in [0.717, 1.165) is 5.56 Å². The normalized spacial score (nSPS) is 39.7. The second kappa shape index (κ2) is 17.8. The van der Waals surface area contributed by atoms with Gasteiger partial charge in [-0.1, -0.05) is 32.9 Å². The summed E-state index contributed by atoms with van der Waals surface area (Å²) < 4.78 is 44.8. The molecule has 3 saturated heterocycles. The molecule has 0 saturated carbocycles. The third-order valence-electron chi connectivity index (χ3n) is 11.7. The predicted octanol–water partition coefficient (Wildman–Crippen LogP) is 3.72. The lowest BCUT2D eigenvalue weighted by Gasteiger charge is -2.47. The lowest BCUT2D eigenvalue weighted by Crippen LogP contribution is -2.60. The Morgan fingerprint density at radius 1 is 1.11 bits per heavy atom. The van der Waals surface area contributed by atoms with E-state index in [0.29, 0.717) is 32.4 Å². The number of cyclic esters (lactones) is 1. The lowest BCUT2D eigenvalue weighted by molar-refractivity contribution is -0.297. The van der Waals surface area contributed by atoms with Crippen molar-refractivity contribution in [2.45, 2.75) is 141 Å². The number of aliphatic hydroxyl groups excluding tert-OH is 1. The second-order valence-electron chi connectivity index (χ2n) is 16.1. The van der Waals surface area contributed by atoms with Crippen molar-refractivity contribution in [2.24, 2.45) is 17.8 Å². The summed E-state index contributed by atoms with van der Waals surface area (Å²) in [5.74, 6) is -3.56. The number of fused-ring (bicyclic) bond motifs is 1. The molecule has 0 radical (unpaired) electrons. The van der Waals surface area contributed by atoms with Crippen LogP contribution in [-0.2, 0) is 33.3 Å². The summed E-state index contributed by atoms with van der Waals surface area (Å²) >= 11 is 0. The average molecular weight is 751 g/mol. The summed E-state index contributed by atoms with van der Waals surface area (Å²) in [5.41, 5.74) is -1.34. The first kappa shape index (κ1) is 43.0. The van der Waals surface area contributed by atoms with E-state index in [1.54, 1.807) is 33.1 Å². The number of carbonyl (C=O) groups excluding carboxylic acids is 3. The first-order valence-electron chi connectivity index (χ1n) is 19.0.